The predicted octanol–water partition coefficient (Wildman–Crippen LogP) is 9.77. The van der Waals surface area contributed by atoms with Crippen LogP contribution in [0.4, 0.5) is 0 Å². The molecular weight excluding hydrogens is 757 g/mol. The molecule has 0 aromatic carbocycles. The number of hydrogen-bond donors (Lipinski definition) is 2. The monoisotopic (exact) mass is 840 g/mol. The normalized spacial score (nSPS) is 15.2. The third-order valence-corrected chi connectivity index (χ3v) is 10.2. The van der Waals surface area contributed by atoms with Crippen molar-refractivity contribution in [2.24, 2.45) is 0 Å². The second kappa shape index (κ2) is 37.6. The van der Waals surface area contributed by atoms with Gasteiger partial charge in [0.2, 0.25) is 0 Å². The average Bonchev–Trinajstić information content (AvgIpc) is 3.17. The van der Waals surface area contributed by atoms with Crippen LogP contribution in [0.15, 0.2) is 60.8 Å². The summed E-state index contributed by atoms with van der Waals surface area (Å²) in [5.41, 5.74) is 0. The zero-order valence-electron chi connectivity index (χ0n) is 36.9. The second-order valence-corrected chi connectivity index (χ2v) is 17.4. The van der Waals surface area contributed by atoms with Crippen molar-refractivity contribution in [2.45, 2.75) is 173 Å². The fourth-order valence-corrected chi connectivity index (χ4v) is 6.35. The van der Waals surface area contributed by atoms with Gasteiger partial charge in [0, 0.05) is 12.8 Å². The number of esters is 2. The van der Waals surface area contributed by atoms with Crippen LogP contribution < -0.4 is 4.89 Å². The first-order chi connectivity index (χ1) is 27.8. The molecule has 0 aromatic rings. The molecule has 0 aliphatic carbocycles. The lowest BCUT2D eigenvalue weighted by Crippen LogP contribution is -2.37. The van der Waals surface area contributed by atoms with Gasteiger partial charge in [0.05, 0.1) is 40.0 Å². The van der Waals surface area contributed by atoms with Crippen molar-refractivity contribution >= 4 is 19.8 Å². The van der Waals surface area contributed by atoms with Gasteiger partial charge in [-0.05, 0) is 77.0 Å². The number of phosphoric ester groups is 1. The molecule has 0 radical (unpaired) electrons. The number of quaternary nitrogens is 1. The molecule has 58 heavy (non-hydrogen) atoms. The smallest absolute Gasteiger partial charge is 0.306 e. The summed E-state index contributed by atoms with van der Waals surface area (Å²) in [4.78, 5) is 37.6. The highest BCUT2D eigenvalue weighted by Gasteiger charge is 2.22. The number of ether oxygens (including phenoxy) is 2. The molecule has 0 aliphatic rings. The Labute approximate surface area is 352 Å². The maximum atomic E-state index is 12.7. The molecule has 2 N–H and O–H groups in total. The summed E-state index contributed by atoms with van der Waals surface area (Å²) in [6.45, 7) is 3.74. The van der Waals surface area contributed by atoms with Crippen molar-refractivity contribution in [3.63, 3.8) is 0 Å². The van der Waals surface area contributed by atoms with Gasteiger partial charge in [0.15, 0.2) is 6.10 Å². The van der Waals surface area contributed by atoms with E-state index < -0.39 is 51.3 Å². The highest BCUT2D eigenvalue weighted by molar-refractivity contribution is 7.45. The van der Waals surface area contributed by atoms with E-state index in [2.05, 4.69) is 62.5 Å². The van der Waals surface area contributed by atoms with Gasteiger partial charge in [-0.15, -0.1) is 0 Å². The number of phosphoric acid groups is 1. The van der Waals surface area contributed by atoms with Gasteiger partial charge in [0.25, 0.3) is 7.82 Å². The van der Waals surface area contributed by atoms with E-state index in [4.69, 9.17) is 18.5 Å². The van der Waals surface area contributed by atoms with E-state index in [9.17, 15) is 29.3 Å². The van der Waals surface area contributed by atoms with Crippen molar-refractivity contribution in [2.75, 3.05) is 47.5 Å². The minimum atomic E-state index is -4.70. The largest absolute Gasteiger partial charge is 0.756 e. The molecule has 0 aromatic heterocycles. The molecule has 12 heteroatoms. The summed E-state index contributed by atoms with van der Waals surface area (Å²) in [5.74, 6) is -1.14. The summed E-state index contributed by atoms with van der Waals surface area (Å²) >= 11 is 0. The standard InChI is InChI=1S/C46H82NO10P/c1-6-8-10-12-14-16-18-20-21-22-24-26-28-30-32-36-46(51)57-42(41-56-58(52,53)55-39-38-47(3,4)5)40-54-45(50)37-33-35-44(49)43(48)34-31-29-27-25-23-19-17-15-13-11-9-7-2/h9,11,15,17,20-21,23,25,29,31,42-44,48-49H,6-8,10,12-14,16,18-19,22,24,26-28,30,32-41H2,1-5H3/b11-9-,17-15-,21-20-,25-23-,31-29-/t42-,43+,44+/m1/s1. The van der Waals surface area contributed by atoms with Crippen LogP contribution in [-0.4, -0.2) is 92.5 Å². The molecule has 0 amide bonds. The number of hydrogen-bond acceptors (Lipinski definition) is 10. The lowest BCUT2D eigenvalue weighted by molar-refractivity contribution is -0.870. The first-order valence-electron chi connectivity index (χ1n) is 22.2. The molecule has 0 aliphatic heterocycles. The summed E-state index contributed by atoms with van der Waals surface area (Å²) in [6.07, 6.45) is 37.1. The number of carbonyl (C=O) groups excluding carboxylic acids is 2. The molecule has 1 unspecified atom stereocenters. The van der Waals surface area contributed by atoms with Crippen LogP contribution in [0.2, 0.25) is 0 Å². The van der Waals surface area contributed by atoms with Gasteiger partial charge in [-0.1, -0.05) is 126 Å². The van der Waals surface area contributed by atoms with E-state index in [0.29, 0.717) is 17.4 Å². The van der Waals surface area contributed by atoms with Gasteiger partial charge >= 0.3 is 11.9 Å². The van der Waals surface area contributed by atoms with E-state index in [1.54, 1.807) is 0 Å². The molecule has 0 saturated carbocycles. The van der Waals surface area contributed by atoms with Crippen molar-refractivity contribution < 1.29 is 52.3 Å². The Bertz CT molecular complexity index is 1210. The molecule has 11 nitrogen and oxygen atoms in total. The molecule has 0 heterocycles. The SMILES string of the molecule is CC/C=C\C/C=C\C/C=C\C/C=C\C[C@H](O)[C@@H](O)CCCC(=O)OC[C@H](COP(=O)([O-])OCC[N+](C)(C)C)OC(=O)CCCCCCC/C=C\CCCCCCCC. The summed E-state index contributed by atoms with van der Waals surface area (Å²) in [5, 5.41) is 20.7. The molecular formula is C46H82NO10P. The minimum absolute atomic E-state index is 0.0432. The van der Waals surface area contributed by atoms with Crippen LogP contribution in [0.25, 0.3) is 0 Å². The van der Waals surface area contributed by atoms with Crippen molar-refractivity contribution in [1.82, 2.24) is 0 Å². The third-order valence-electron chi connectivity index (χ3n) is 9.22. The van der Waals surface area contributed by atoms with Crippen LogP contribution >= 0.6 is 7.82 Å². The topological polar surface area (TPSA) is 152 Å². The zero-order chi connectivity index (χ0) is 43.2. The van der Waals surface area contributed by atoms with E-state index >= 15 is 0 Å². The Morgan fingerprint density at radius 1 is 0.638 bits per heavy atom. The van der Waals surface area contributed by atoms with Crippen LogP contribution in [0.3, 0.4) is 0 Å². The molecule has 336 valence electrons. The van der Waals surface area contributed by atoms with Crippen LogP contribution in [0.5, 0.6) is 0 Å². The Hall–Kier alpha value is -2.37. The number of allylic oxidation sites excluding steroid dienone is 9. The van der Waals surface area contributed by atoms with Gasteiger partial charge < -0.3 is 38.1 Å². The molecule has 0 rings (SSSR count). The average molecular weight is 840 g/mol. The Morgan fingerprint density at radius 2 is 1.17 bits per heavy atom. The van der Waals surface area contributed by atoms with Gasteiger partial charge in [-0.3, -0.25) is 14.2 Å². The molecule has 0 fully saturated rings. The van der Waals surface area contributed by atoms with Gasteiger partial charge in [0.1, 0.15) is 19.8 Å². The summed E-state index contributed by atoms with van der Waals surface area (Å²) in [6, 6.07) is 0. The number of aliphatic hydroxyl groups excluding tert-OH is 2. The maximum absolute atomic E-state index is 12.7. The lowest BCUT2D eigenvalue weighted by atomic mass is 10.0. The van der Waals surface area contributed by atoms with E-state index in [1.807, 2.05) is 33.3 Å². The number of rotatable bonds is 39. The van der Waals surface area contributed by atoms with Crippen LogP contribution in [0, 0.1) is 0 Å². The fourth-order valence-electron chi connectivity index (χ4n) is 5.62. The number of likely N-dealkylation sites (N-methyl/N-ethyl adjacent to an activating group) is 1. The van der Waals surface area contributed by atoms with Crippen molar-refractivity contribution in [1.29, 1.82) is 0 Å². The first kappa shape index (κ1) is 55.6. The number of unbranched alkanes of at least 4 members (excludes halogenated alkanes) is 11. The van der Waals surface area contributed by atoms with Crippen molar-refractivity contribution in [3.05, 3.63) is 60.8 Å². The highest BCUT2D eigenvalue weighted by atomic mass is 31.2. The minimum Gasteiger partial charge on any atom is -0.756 e. The summed E-state index contributed by atoms with van der Waals surface area (Å²) < 4.78 is 33.7. The lowest BCUT2D eigenvalue weighted by Gasteiger charge is -2.28. The van der Waals surface area contributed by atoms with Crippen LogP contribution in [0.1, 0.15) is 155 Å². The molecule has 0 spiro atoms. The third kappa shape index (κ3) is 39.1. The van der Waals surface area contributed by atoms with E-state index in [1.165, 1.54) is 38.5 Å². The molecule has 4 atom stereocenters. The highest BCUT2D eigenvalue weighted by Crippen LogP contribution is 2.38. The number of carbonyl (C=O) groups is 2. The van der Waals surface area contributed by atoms with Crippen molar-refractivity contribution in [3.8, 4) is 0 Å². The van der Waals surface area contributed by atoms with E-state index in [0.717, 1.165) is 64.2 Å². The summed E-state index contributed by atoms with van der Waals surface area (Å²) in [7, 11) is 0.997. The number of aliphatic hydroxyl groups is 2. The first-order valence-corrected chi connectivity index (χ1v) is 23.6. The zero-order valence-corrected chi connectivity index (χ0v) is 37.8. The Kier molecular flexibility index (Phi) is 36.1. The van der Waals surface area contributed by atoms with E-state index in [-0.39, 0.29) is 38.7 Å². The molecule has 0 bridgehead atoms. The molecule has 0 saturated heterocycles. The Morgan fingerprint density at radius 3 is 1.76 bits per heavy atom. The maximum Gasteiger partial charge on any atom is 0.306 e. The quantitative estimate of drug-likeness (QED) is 0.0201. The predicted molar refractivity (Wildman–Crippen MR) is 234 cm³/mol. The van der Waals surface area contributed by atoms with Gasteiger partial charge in [-0.25, -0.2) is 0 Å². The fraction of sp³-hybridized carbons (Fsp3) is 0.739. The number of nitrogens with zero attached hydrogens (tertiary/aromatic N) is 1. The van der Waals surface area contributed by atoms with Crippen LogP contribution in [-0.2, 0) is 32.7 Å². The Balaban J connectivity index is 4.62. The van der Waals surface area contributed by atoms with Gasteiger partial charge in [-0.2, -0.15) is 0 Å². The second-order valence-electron chi connectivity index (χ2n) is 16.0.